The van der Waals surface area contributed by atoms with Crippen LogP contribution in [0.15, 0.2) is 29.2 Å². The van der Waals surface area contributed by atoms with Crippen molar-refractivity contribution in [3.63, 3.8) is 0 Å². The first-order valence-corrected chi connectivity index (χ1v) is 4.45. The summed E-state index contributed by atoms with van der Waals surface area (Å²) >= 11 is 0. The predicted octanol–water partition coefficient (Wildman–Crippen LogP) is 0.996. The van der Waals surface area contributed by atoms with E-state index in [-0.39, 0.29) is 5.70 Å². The first-order valence-electron chi connectivity index (χ1n) is 4.45. The van der Waals surface area contributed by atoms with Gasteiger partial charge in [0.15, 0.2) is 0 Å². The van der Waals surface area contributed by atoms with Crippen molar-refractivity contribution in [1.82, 2.24) is 5.32 Å². The number of hydrogen-bond donors (Lipinski definition) is 3. The van der Waals surface area contributed by atoms with E-state index in [1.54, 1.807) is 0 Å². The molecule has 8 heteroatoms. The number of nitrogens with one attached hydrogen (secondary N) is 1. The summed E-state index contributed by atoms with van der Waals surface area (Å²) in [5.41, 5.74) is 4.57. The summed E-state index contributed by atoms with van der Waals surface area (Å²) in [5.74, 6) is -0.988. The maximum atomic E-state index is 11.1. The molecule has 1 aliphatic rings. The number of carboxylic acid groups (broad SMARTS) is 1. The van der Waals surface area contributed by atoms with Crippen molar-refractivity contribution in [3.05, 3.63) is 24.2 Å². The molecule has 0 aromatic rings. The van der Waals surface area contributed by atoms with Crippen LogP contribution >= 0.6 is 0 Å². The highest BCUT2D eigenvalue weighted by atomic mass is 19.4. The Balaban J connectivity index is 0.000000325. The summed E-state index contributed by atoms with van der Waals surface area (Å²) in [6, 6.07) is -1.70. The largest absolute Gasteiger partial charge is 0.477 e. The van der Waals surface area contributed by atoms with E-state index in [2.05, 4.69) is 16.0 Å². The number of aliphatic carboxylic acids is 1. The molecule has 96 valence electrons. The second-order valence-electron chi connectivity index (χ2n) is 2.97. The number of carbonyl (C=O) groups is 1. The van der Waals surface area contributed by atoms with Crippen LogP contribution in [0.2, 0.25) is 0 Å². The Kier molecular flexibility index (Phi) is 5.97. The fourth-order valence-electron chi connectivity index (χ4n) is 0.518. The molecular weight excluding hydrogens is 239 g/mol. The lowest BCUT2D eigenvalue weighted by atomic mass is 10.4. The highest BCUT2D eigenvalue weighted by molar-refractivity contribution is 5.92. The van der Waals surface area contributed by atoms with Crippen LogP contribution in [0.25, 0.3) is 0 Å². The van der Waals surface area contributed by atoms with Gasteiger partial charge in [-0.15, -0.1) is 0 Å². The van der Waals surface area contributed by atoms with Gasteiger partial charge in [0, 0.05) is 18.6 Å². The van der Waals surface area contributed by atoms with Crippen molar-refractivity contribution in [2.24, 2.45) is 10.7 Å². The van der Waals surface area contributed by atoms with Crippen LogP contribution in [0.5, 0.6) is 0 Å². The summed E-state index contributed by atoms with van der Waals surface area (Å²) in [7, 11) is 0. The van der Waals surface area contributed by atoms with E-state index in [1.807, 2.05) is 0 Å². The number of carboxylic acids is 1. The molecule has 1 heterocycles. The van der Waals surface area contributed by atoms with E-state index in [4.69, 9.17) is 5.11 Å². The molecule has 0 fully saturated rings. The van der Waals surface area contributed by atoms with Crippen molar-refractivity contribution in [2.75, 3.05) is 0 Å². The van der Waals surface area contributed by atoms with Crippen molar-refractivity contribution >= 4 is 12.2 Å². The van der Waals surface area contributed by atoms with E-state index in [1.165, 1.54) is 24.7 Å². The van der Waals surface area contributed by atoms with Crippen LogP contribution in [-0.4, -0.2) is 29.5 Å². The van der Waals surface area contributed by atoms with Gasteiger partial charge in [0.05, 0.1) is 6.04 Å². The van der Waals surface area contributed by atoms with Crippen LogP contribution in [0.1, 0.15) is 6.92 Å². The maximum absolute atomic E-state index is 11.1. The molecule has 0 radical (unpaired) electrons. The van der Waals surface area contributed by atoms with Crippen LogP contribution in [0.4, 0.5) is 13.2 Å². The highest BCUT2D eigenvalue weighted by Gasteiger charge is 2.32. The Bertz CT molecular complexity index is 346. The van der Waals surface area contributed by atoms with Crippen molar-refractivity contribution < 1.29 is 23.1 Å². The molecule has 5 nitrogen and oxygen atoms in total. The van der Waals surface area contributed by atoms with Gasteiger partial charge in [0.1, 0.15) is 5.70 Å². The molecule has 0 unspecified atom stereocenters. The standard InChI is InChI=1S/C6H6N2O2.C3H6F3N/c9-6(10)5-1-2-7-3-4-8-5;1-2(7)3(4,5)6/h1-4,8H,(H,9,10);2H,7H2,1H3/t;2-/m.1/s1. The Hall–Kier alpha value is -1.83. The van der Waals surface area contributed by atoms with E-state index in [0.717, 1.165) is 6.92 Å². The molecule has 1 aliphatic heterocycles. The van der Waals surface area contributed by atoms with Gasteiger partial charge in [0.25, 0.3) is 0 Å². The number of rotatable bonds is 1. The monoisotopic (exact) mass is 251 g/mol. The number of hydrogen-bond acceptors (Lipinski definition) is 4. The molecule has 0 spiro atoms. The fourth-order valence-corrected chi connectivity index (χ4v) is 0.518. The number of aliphatic imine (C=N–C) groups is 1. The first kappa shape index (κ1) is 15.2. The zero-order valence-corrected chi connectivity index (χ0v) is 8.90. The molecule has 0 saturated heterocycles. The van der Waals surface area contributed by atoms with Gasteiger partial charge >= 0.3 is 12.1 Å². The van der Waals surface area contributed by atoms with Crippen LogP contribution in [0, 0.1) is 0 Å². The van der Waals surface area contributed by atoms with Crippen molar-refractivity contribution in [1.29, 1.82) is 0 Å². The average molecular weight is 251 g/mol. The first-order chi connectivity index (χ1) is 7.75. The summed E-state index contributed by atoms with van der Waals surface area (Å²) in [5, 5.41) is 11.0. The van der Waals surface area contributed by atoms with Crippen LogP contribution in [-0.2, 0) is 4.79 Å². The number of halogens is 3. The molecule has 0 aromatic heterocycles. The van der Waals surface area contributed by atoms with Crippen molar-refractivity contribution in [3.8, 4) is 0 Å². The zero-order valence-electron chi connectivity index (χ0n) is 8.90. The Morgan fingerprint density at radius 2 is 2.12 bits per heavy atom. The third-order valence-corrected chi connectivity index (χ3v) is 1.47. The number of nitrogens with zero attached hydrogens (tertiary/aromatic N) is 1. The fraction of sp³-hybridized carbons (Fsp3) is 0.333. The lowest BCUT2D eigenvalue weighted by molar-refractivity contribution is -0.143. The Morgan fingerprint density at radius 3 is 2.53 bits per heavy atom. The average Bonchev–Trinajstić information content (AvgIpc) is 2.44. The van der Waals surface area contributed by atoms with E-state index >= 15 is 0 Å². The topological polar surface area (TPSA) is 87.7 Å². The zero-order chi connectivity index (χ0) is 13.5. The maximum Gasteiger partial charge on any atom is 0.403 e. The Labute approximate surface area is 95.5 Å². The number of alkyl halides is 3. The third-order valence-electron chi connectivity index (χ3n) is 1.47. The van der Waals surface area contributed by atoms with E-state index in [0.29, 0.717) is 0 Å². The van der Waals surface area contributed by atoms with Crippen LogP contribution < -0.4 is 11.1 Å². The van der Waals surface area contributed by atoms with E-state index in [9.17, 15) is 18.0 Å². The smallest absolute Gasteiger partial charge is 0.403 e. The van der Waals surface area contributed by atoms with Gasteiger partial charge in [-0.2, -0.15) is 13.2 Å². The molecule has 0 bridgehead atoms. The molecule has 1 rings (SSSR count). The molecule has 0 aliphatic carbocycles. The molecule has 0 aromatic carbocycles. The molecule has 0 amide bonds. The van der Waals surface area contributed by atoms with Crippen molar-refractivity contribution in [2.45, 2.75) is 19.1 Å². The minimum Gasteiger partial charge on any atom is -0.477 e. The normalized spacial score (nSPS) is 15.9. The summed E-state index contributed by atoms with van der Waals surface area (Å²) in [6.07, 6.45) is 1.53. The van der Waals surface area contributed by atoms with Gasteiger partial charge in [-0.3, -0.25) is 4.99 Å². The van der Waals surface area contributed by atoms with E-state index < -0.39 is 18.2 Å². The third kappa shape index (κ3) is 7.12. The SMILES string of the molecule is C[C@@H](N)C(F)(F)F.O=C(O)C1=CC=NC=CN1. The second-order valence-corrected chi connectivity index (χ2v) is 2.97. The molecule has 1 atom stereocenters. The molecular formula is C9H12F3N3O2. The van der Waals surface area contributed by atoms with Gasteiger partial charge in [-0.25, -0.2) is 4.79 Å². The Morgan fingerprint density at radius 1 is 1.59 bits per heavy atom. The molecule has 4 N–H and O–H groups in total. The second kappa shape index (κ2) is 6.69. The molecule has 17 heavy (non-hydrogen) atoms. The summed E-state index contributed by atoms with van der Waals surface area (Å²) < 4.78 is 33.2. The molecule has 0 saturated carbocycles. The highest BCUT2D eigenvalue weighted by Crippen LogP contribution is 2.16. The summed E-state index contributed by atoms with van der Waals surface area (Å²) in [4.78, 5) is 14.0. The minimum atomic E-state index is -4.22. The summed E-state index contributed by atoms with van der Waals surface area (Å²) in [6.45, 7) is 0.903. The van der Waals surface area contributed by atoms with Gasteiger partial charge in [0.2, 0.25) is 0 Å². The predicted molar refractivity (Wildman–Crippen MR) is 56.2 cm³/mol. The minimum absolute atomic E-state index is 0.123. The van der Waals surface area contributed by atoms with Gasteiger partial charge < -0.3 is 16.2 Å². The van der Waals surface area contributed by atoms with Gasteiger partial charge in [-0.05, 0) is 13.0 Å². The van der Waals surface area contributed by atoms with Crippen LogP contribution in [0.3, 0.4) is 0 Å². The number of allylic oxidation sites excluding steroid dienone is 1. The quantitative estimate of drug-likeness (QED) is 0.648. The van der Waals surface area contributed by atoms with Gasteiger partial charge in [-0.1, -0.05) is 0 Å². The number of nitrogens with two attached hydrogens (primary N) is 1. The lowest BCUT2D eigenvalue weighted by Gasteiger charge is -2.07. The lowest BCUT2D eigenvalue weighted by Crippen LogP contribution is -2.33.